The largest absolute Gasteiger partial charge is 0.496 e. The molecule has 0 unspecified atom stereocenters. The monoisotopic (exact) mass is 483 g/mol. The van der Waals surface area contributed by atoms with Gasteiger partial charge in [0.2, 0.25) is 0 Å². The van der Waals surface area contributed by atoms with E-state index in [4.69, 9.17) is 4.74 Å². The maximum Gasteiger partial charge on any atom is 0.150 e. The Morgan fingerprint density at radius 3 is 2.66 bits per heavy atom. The number of halogens is 1. The fourth-order valence-electron chi connectivity index (χ4n) is 5.12. The molecule has 1 aliphatic carbocycles. The SMILES string of the molecule is COc1cc(C=O)cc2sc(-c3cc4ccc(-c5cccc(F)c5C)cc4n3CC3CC3)c(C)c12. The van der Waals surface area contributed by atoms with Crippen LogP contribution in [0.2, 0.25) is 0 Å². The topological polar surface area (TPSA) is 31.2 Å². The molecule has 0 atom stereocenters. The zero-order valence-corrected chi connectivity index (χ0v) is 20.8. The lowest BCUT2D eigenvalue weighted by atomic mass is 9.99. The predicted octanol–water partition coefficient (Wildman–Crippen LogP) is 8.18. The highest BCUT2D eigenvalue weighted by Crippen LogP contribution is 2.45. The number of ether oxygens (including phenoxy) is 1. The van der Waals surface area contributed by atoms with Gasteiger partial charge in [-0.25, -0.2) is 4.39 Å². The normalized spacial score (nSPS) is 13.6. The number of aldehydes is 1. The lowest BCUT2D eigenvalue weighted by Gasteiger charge is -2.12. The number of hydrogen-bond donors (Lipinski definition) is 0. The highest BCUT2D eigenvalue weighted by Gasteiger charge is 2.26. The molecule has 0 spiro atoms. The fourth-order valence-corrected chi connectivity index (χ4v) is 6.42. The molecular formula is C30H26FNO2S. The molecule has 0 aliphatic heterocycles. The van der Waals surface area contributed by atoms with Crippen LogP contribution in [0.1, 0.15) is 34.3 Å². The van der Waals surface area contributed by atoms with Crippen LogP contribution in [0.25, 0.3) is 42.7 Å². The molecule has 1 aliphatic rings. The van der Waals surface area contributed by atoms with Crippen LogP contribution >= 0.6 is 11.3 Å². The van der Waals surface area contributed by atoms with Crippen LogP contribution in [0.3, 0.4) is 0 Å². The summed E-state index contributed by atoms with van der Waals surface area (Å²) in [6.07, 6.45) is 3.38. The second kappa shape index (κ2) is 8.35. The van der Waals surface area contributed by atoms with E-state index in [0.717, 1.165) is 39.8 Å². The summed E-state index contributed by atoms with van der Waals surface area (Å²) in [6.45, 7) is 4.94. The van der Waals surface area contributed by atoms with Crippen LogP contribution < -0.4 is 4.74 Å². The van der Waals surface area contributed by atoms with E-state index in [-0.39, 0.29) is 5.82 Å². The maximum atomic E-state index is 14.3. The first-order valence-corrected chi connectivity index (χ1v) is 12.8. The standard InChI is InChI=1S/C30H26FNO2S/c1-17-23(5-4-6-24(17)31)21-9-10-22-14-26(32(25(22)13-21)15-19-7-8-19)30-18(2)29-27(34-3)11-20(16-33)12-28(29)35-30/h4-6,9-14,16,19H,7-8,15H2,1-3H3. The first-order chi connectivity index (χ1) is 17.0. The smallest absolute Gasteiger partial charge is 0.150 e. The van der Waals surface area contributed by atoms with Crippen LogP contribution in [0.4, 0.5) is 4.39 Å². The number of benzene rings is 3. The van der Waals surface area contributed by atoms with Gasteiger partial charge in [0.15, 0.2) is 0 Å². The van der Waals surface area contributed by atoms with Crippen LogP contribution in [-0.2, 0) is 6.54 Å². The molecule has 3 nitrogen and oxygen atoms in total. The molecule has 0 bridgehead atoms. The minimum Gasteiger partial charge on any atom is -0.496 e. The lowest BCUT2D eigenvalue weighted by molar-refractivity contribution is 0.112. The van der Waals surface area contributed by atoms with Crippen LogP contribution in [-0.4, -0.2) is 18.0 Å². The highest BCUT2D eigenvalue weighted by molar-refractivity contribution is 7.22. The van der Waals surface area contributed by atoms with Gasteiger partial charge >= 0.3 is 0 Å². The number of carbonyl (C=O) groups is 1. The number of aromatic nitrogens is 1. The molecular weight excluding hydrogens is 457 g/mol. The summed E-state index contributed by atoms with van der Waals surface area (Å²) in [7, 11) is 1.65. The third-order valence-electron chi connectivity index (χ3n) is 7.23. The van der Waals surface area contributed by atoms with Crippen molar-refractivity contribution in [3.63, 3.8) is 0 Å². The number of aryl methyl sites for hydroxylation is 1. The minimum atomic E-state index is -0.179. The van der Waals surface area contributed by atoms with Crippen molar-refractivity contribution in [3.05, 3.63) is 77.1 Å². The molecule has 2 heterocycles. The summed E-state index contributed by atoms with van der Waals surface area (Å²) >= 11 is 1.71. The van der Waals surface area contributed by atoms with E-state index < -0.39 is 0 Å². The second-order valence-electron chi connectivity index (χ2n) is 9.54. The molecule has 0 radical (unpaired) electrons. The van der Waals surface area contributed by atoms with E-state index in [1.54, 1.807) is 24.5 Å². The van der Waals surface area contributed by atoms with Crippen molar-refractivity contribution in [2.24, 2.45) is 5.92 Å². The molecule has 2 aromatic heterocycles. The van der Waals surface area contributed by atoms with Gasteiger partial charge in [0.25, 0.3) is 0 Å². The number of hydrogen-bond acceptors (Lipinski definition) is 3. The molecule has 5 heteroatoms. The molecule has 3 aromatic carbocycles. The summed E-state index contributed by atoms with van der Waals surface area (Å²) in [5, 5.41) is 2.24. The van der Waals surface area contributed by atoms with Crippen LogP contribution in [0, 0.1) is 25.6 Å². The Morgan fingerprint density at radius 2 is 1.91 bits per heavy atom. The molecule has 0 N–H and O–H groups in total. The van der Waals surface area contributed by atoms with E-state index in [9.17, 15) is 9.18 Å². The van der Waals surface area contributed by atoms with E-state index in [1.807, 2.05) is 25.1 Å². The maximum absolute atomic E-state index is 14.3. The van der Waals surface area contributed by atoms with E-state index in [0.29, 0.717) is 17.0 Å². The average molecular weight is 484 g/mol. The molecule has 35 heavy (non-hydrogen) atoms. The van der Waals surface area contributed by atoms with E-state index in [2.05, 4.69) is 35.8 Å². The number of thiophene rings is 1. The first kappa shape index (κ1) is 22.1. The van der Waals surface area contributed by atoms with Crippen molar-refractivity contribution in [3.8, 4) is 27.4 Å². The Hall–Kier alpha value is -3.44. The van der Waals surface area contributed by atoms with Gasteiger partial charge in [0, 0.05) is 33.1 Å². The Kier molecular flexibility index (Phi) is 5.26. The number of fused-ring (bicyclic) bond motifs is 2. The Bertz CT molecular complexity index is 1620. The number of nitrogens with zero attached hydrogens (tertiary/aromatic N) is 1. The zero-order chi connectivity index (χ0) is 24.3. The molecule has 0 amide bonds. The average Bonchev–Trinajstić information content (AvgIpc) is 3.54. The summed E-state index contributed by atoms with van der Waals surface area (Å²) in [5.41, 5.74) is 6.78. The van der Waals surface area contributed by atoms with Crippen molar-refractivity contribution in [2.75, 3.05) is 7.11 Å². The van der Waals surface area contributed by atoms with E-state index in [1.165, 1.54) is 45.9 Å². The molecule has 176 valence electrons. The second-order valence-corrected chi connectivity index (χ2v) is 10.6. The summed E-state index contributed by atoms with van der Waals surface area (Å²) in [6, 6.07) is 17.8. The van der Waals surface area contributed by atoms with Crippen LogP contribution in [0.5, 0.6) is 5.75 Å². The third-order valence-corrected chi connectivity index (χ3v) is 8.49. The van der Waals surface area contributed by atoms with Crippen molar-refractivity contribution in [1.82, 2.24) is 4.57 Å². The van der Waals surface area contributed by atoms with Crippen molar-refractivity contribution >= 4 is 38.6 Å². The van der Waals surface area contributed by atoms with Crippen molar-refractivity contribution in [1.29, 1.82) is 0 Å². The van der Waals surface area contributed by atoms with Gasteiger partial charge in [-0.15, -0.1) is 11.3 Å². The lowest BCUT2D eigenvalue weighted by Crippen LogP contribution is -2.01. The van der Waals surface area contributed by atoms with E-state index >= 15 is 0 Å². The molecule has 1 fully saturated rings. The van der Waals surface area contributed by atoms with Gasteiger partial charge in [0.05, 0.1) is 17.7 Å². The van der Waals surface area contributed by atoms with Gasteiger partial charge < -0.3 is 9.30 Å². The zero-order valence-electron chi connectivity index (χ0n) is 20.0. The molecule has 5 aromatic rings. The summed E-state index contributed by atoms with van der Waals surface area (Å²) < 4.78 is 23.4. The first-order valence-electron chi connectivity index (χ1n) is 11.9. The Balaban J connectivity index is 1.58. The third kappa shape index (κ3) is 3.66. The Morgan fingerprint density at radius 1 is 1.09 bits per heavy atom. The minimum absolute atomic E-state index is 0.179. The quantitative estimate of drug-likeness (QED) is 0.228. The number of methoxy groups -OCH3 is 1. The van der Waals surface area contributed by atoms with Gasteiger partial charge in [0.1, 0.15) is 17.9 Å². The molecule has 1 saturated carbocycles. The van der Waals surface area contributed by atoms with Crippen molar-refractivity contribution in [2.45, 2.75) is 33.2 Å². The summed E-state index contributed by atoms with van der Waals surface area (Å²) in [4.78, 5) is 12.7. The fraction of sp³-hybridized carbons (Fsp3) is 0.233. The number of carbonyl (C=O) groups excluding carboxylic acids is 1. The number of rotatable bonds is 6. The molecule has 6 rings (SSSR count). The summed E-state index contributed by atoms with van der Waals surface area (Å²) in [5.74, 6) is 1.24. The highest BCUT2D eigenvalue weighted by atomic mass is 32.1. The van der Waals surface area contributed by atoms with Gasteiger partial charge in [-0.2, -0.15) is 0 Å². The van der Waals surface area contributed by atoms with Gasteiger partial charge in [-0.1, -0.05) is 24.3 Å². The van der Waals surface area contributed by atoms with Gasteiger partial charge in [-0.05, 0) is 85.2 Å². The van der Waals surface area contributed by atoms with Crippen LogP contribution in [0.15, 0.2) is 54.6 Å². The van der Waals surface area contributed by atoms with Crippen molar-refractivity contribution < 1.29 is 13.9 Å². The molecule has 0 saturated heterocycles. The Labute approximate surface area is 207 Å². The predicted molar refractivity (Wildman–Crippen MR) is 142 cm³/mol. The van der Waals surface area contributed by atoms with Gasteiger partial charge in [-0.3, -0.25) is 4.79 Å².